The molecule has 0 saturated carbocycles. The fourth-order valence-corrected chi connectivity index (χ4v) is 3.76. The summed E-state index contributed by atoms with van der Waals surface area (Å²) in [4.78, 5) is 0. The van der Waals surface area contributed by atoms with E-state index < -0.39 is 10.2 Å². The Bertz CT molecular complexity index is 328. The van der Waals surface area contributed by atoms with E-state index in [0.29, 0.717) is 25.4 Å². The van der Waals surface area contributed by atoms with Crippen LogP contribution in [-0.4, -0.2) is 54.9 Å². The summed E-state index contributed by atoms with van der Waals surface area (Å²) in [5, 5.41) is 8.93. The molecule has 0 aromatic rings. The molecule has 1 unspecified atom stereocenters. The van der Waals surface area contributed by atoms with Crippen molar-refractivity contribution >= 4 is 10.2 Å². The largest absolute Gasteiger partial charge is 0.396 e. The molecule has 1 aliphatic heterocycles. The van der Waals surface area contributed by atoms with Gasteiger partial charge in [-0.1, -0.05) is 0 Å². The number of nitrogens with zero attached hydrogens (tertiary/aromatic N) is 2. The van der Waals surface area contributed by atoms with E-state index in [0.717, 1.165) is 12.8 Å². The van der Waals surface area contributed by atoms with Gasteiger partial charge in [-0.3, -0.25) is 0 Å². The van der Waals surface area contributed by atoms with Gasteiger partial charge in [-0.2, -0.15) is 17.0 Å². The molecule has 1 N–H and O–H groups in total. The van der Waals surface area contributed by atoms with Crippen LogP contribution >= 0.6 is 0 Å². The number of hydrogen-bond acceptors (Lipinski definition) is 3. The molecular weight excluding hydrogens is 240 g/mol. The summed E-state index contributed by atoms with van der Waals surface area (Å²) in [6, 6.07) is -0.0294. The Kier molecular flexibility index (Phi) is 5.37. The lowest BCUT2D eigenvalue weighted by Crippen LogP contribution is -2.48. The van der Waals surface area contributed by atoms with Crippen LogP contribution in [0, 0.1) is 5.92 Å². The highest BCUT2D eigenvalue weighted by Gasteiger charge is 2.32. The van der Waals surface area contributed by atoms with Crippen LogP contribution in [0.4, 0.5) is 0 Å². The molecule has 6 heteroatoms. The maximum absolute atomic E-state index is 12.3. The summed E-state index contributed by atoms with van der Waals surface area (Å²) >= 11 is 0. The van der Waals surface area contributed by atoms with E-state index in [1.54, 1.807) is 11.4 Å². The fraction of sp³-hybridized carbons (Fsp3) is 1.00. The molecule has 1 saturated heterocycles. The SMILES string of the molecule is CC(C)N(C)S(=O)(=O)N1CCCC(CCO)C1. The van der Waals surface area contributed by atoms with Crippen LogP contribution in [0.2, 0.25) is 0 Å². The summed E-state index contributed by atoms with van der Waals surface area (Å²) < 4.78 is 27.5. The molecule has 1 heterocycles. The molecule has 0 amide bonds. The summed E-state index contributed by atoms with van der Waals surface area (Å²) in [6.45, 7) is 5.01. The first-order valence-corrected chi connectivity index (χ1v) is 7.63. The van der Waals surface area contributed by atoms with Crippen LogP contribution in [0.1, 0.15) is 33.1 Å². The molecule has 0 radical (unpaired) electrons. The van der Waals surface area contributed by atoms with Crippen molar-refractivity contribution in [3.63, 3.8) is 0 Å². The Hall–Kier alpha value is -0.170. The van der Waals surface area contributed by atoms with Gasteiger partial charge in [0.05, 0.1) is 0 Å². The Morgan fingerprint density at radius 3 is 2.65 bits per heavy atom. The van der Waals surface area contributed by atoms with Crippen molar-refractivity contribution in [2.45, 2.75) is 39.2 Å². The lowest BCUT2D eigenvalue weighted by atomic mass is 9.97. The molecule has 5 nitrogen and oxygen atoms in total. The van der Waals surface area contributed by atoms with Crippen molar-refractivity contribution in [1.82, 2.24) is 8.61 Å². The molecule has 0 aliphatic carbocycles. The van der Waals surface area contributed by atoms with Gasteiger partial charge in [-0.25, -0.2) is 0 Å². The third-order valence-electron chi connectivity index (χ3n) is 3.44. The van der Waals surface area contributed by atoms with E-state index in [9.17, 15) is 8.42 Å². The first-order chi connectivity index (χ1) is 7.89. The normalized spacial score (nSPS) is 23.5. The Morgan fingerprint density at radius 2 is 2.12 bits per heavy atom. The monoisotopic (exact) mass is 264 g/mol. The second kappa shape index (κ2) is 6.13. The standard InChI is InChI=1S/C11H24N2O3S/c1-10(2)12(3)17(15,16)13-7-4-5-11(9-13)6-8-14/h10-11,14H,4-9H2,1-3H3. The van der Waals surface area contributed by atoms with Gasteiger partial charge in [0.25, 0.3) is 10.2 Å². The van der Waals surface area contributed by atoms with Crippen LogP contribution in [0.3, 0.4) is 0 Å². The zero-order valence-electron chi connectivity index (χ0n) is 11.0. The number of aliphatic hydroxyl groups excluding tert-OH is 1. The van der Waals surface area contributed by atoms with Crippen LogP contribution in [0.5, 0.6) is 0 Å². The first-order valence-electron chi connectivity index (χ1n) is 6.23. The van der Waals surface area contributed by atoms with E-state index in [-0.39, 0.29) is 12.6 Å². The van der Waals surface area contributed by atoms with Gasteiger partial charge < -0.3 is 5.11 Å². The summed E-state index contributed by atoms with van der Waals surface area (Å²) in [5.74, 6) is 0.295. The molecule has 0 aromatic carbocycles. The number of aliphatic hydroxyl groups is 1. The van der Waals surface area contributed by atoms with Gasteiger partial charge in [0.1, 0.15) is 0 Å². The molecule has 1 aliphatic rings. The summed E-state index contributed by atoms with van der Waals surface area (Å²) in [7, 11) is -1.71. The molecule has 0 spiro atoms. The van der Waals surface area contributed by atoms with Crippen LogP contribution in [-0.2, 0) is 10.2 Å². The quantitative estimate of drug-likeness (QED) is 0.794. The van der Waals surface area contributed by atoms with E-state index in [2.05, 4.69) is 0 Å². The Labute approximate surface area is 105 Å². The average Bonchev–Trinajstić information content (AvgIpc) is 2.28. The van der Waals surface area contributed by atoms with Gasteiger partial charge in [-0.05, 0) is 39.0 Å². The highest BCUT2D eigenvalue weighted by atomic mass is 32.2. The van der Waals surface area contributed by atoms with E-state index in [4.69, 9.17) is 5.11 Å². The topological polar surface area (TPSA) is 60.9 Å². The number of hydrogen-bond donors (Lipinski definition) is 1. The highest BCUT2D eigenvalue weighted by Crippen LogP contribution is 2.23. The molecule has 17 heavy (non-hydrogen) atoms. The minimum atomic E-state index is -3.33. The van der Waals surface area contributed by atoms with Crippen molar-refractivity contribution in [2.24, 2.45) is 5.92 Å². The van der Waals surface area contributed by atoms with Crippen LogP contribution < -0.4 is 0 Å². The van der Waals surface area contributed by atoms with Crippen LogP contribution in [0.15, 0.2) is 0 Å². The fourth-order valence-electron chi connectivity index (χ4n) is 2.10. The van der Waals surface area contributed by atoms with Gasteiger partial charge in [0.15, 0.2) is 0 Å². The van der Waals surface area contributed by atoms with E-state index >= 15 is 0 Å². The average molecular weight is 264 g/mol. The van der Waals surface area contributed by atoms with Gasteiger partial charge in [0.2, 0.25) is 0 Å². The van der Waals surface area contributed by atoms with Gasteiger partial charge in [0, 0.05) is 32.8 Å². The molecule has 102 valence electrons. The Balaban J connectivity index is 2.71. The minimum Gasteiger partial charge on any atom is -0.396 e. The second-order valence-corrected chi connectivity index (χ2v) is 6.98. The number of rotatable bonds is 5. The smallest absolute Gasteiger partial charge is 0.281 e. The molecule has 1 atom stereocenters. The third kappa shape index (κ3) is 3.64. The lowest BCUT2D eigenvalue weighted by molar-refractivity contribution is 0.195. The van der Waals surface area contributed by atoms with Gasteiger partial charge in [-0.15, -0.1) is 0 Å². The molecule has 0 bridgehead atoms. The maximum atomic E-state index is 12.3. The lowest BCUT2D eigenvalue weighted by Gasteiger charge is -2.35. The summed E-state index contributed by atoms with van der Waals surface area (Å²) in [6.07, 6.45) is 2.59. The molecule has 0 aromatic heterocycles. The predicted octanol–water partition coefficient (Wildman–Crippen LogP) is 0.666. The minimum absolute atomic E-state index is 0.0294. The highest BCUT2D eigenvalue weighted by molar-refractivity contribution is 7.86. The number of piperidine rings is 1. The van der Waals surface area contributed by atoms with E-state index in [1.165, 1.54) is 4.31 Å². The third-order valence-corrected chi connectivity index (χ3v) is 5.57. The Morgan fingerprint density at radius 1 is 1.47 bits per heavy atom. The van der Waals surface area contributed by atoms with Gasteiger partial charge >= 0.3 is 0 Å². The molecule has 1 rings (SSSR count). The predicted molar refractivity (Wildman–Crippen MR) is 67.8 cm³/mol. The first kappa shape index (κ1) is 14.9. The van der Waals surface area contributed by atoms with Crippen molar-refractivity contribution in [2.75, 3.05) is 26.7 Å². The second-order valence-electron chi connectivity index (χ2n) is 5.00. The van der Waals surface area contributed by atoms with Crippen molar-refractivity contribution < 1.29 is 13.5 Å². The van der Waals surface area contributed by atoms with Crippen molar-refractivity contribution in [1.29, 1.82) is 0 Å². The molecular formula is C11H24N2O3S. The zero-order chi connectivity index (χ0) is 13.1. The maximum Gasteiger partial charge on any atom is 0.281 e. The van der Waals surface area contributed by atoms with E-state index in [1.807, 2.05) is 13.8 Å². The van der Waals surface area contributed by atoms with Crippen molar-refractivity contribution in [3.05, 3.63) is 0 Å². The summed E-state index contributed by atoms with van der Waals surface area (Å²) in [5.41, 5.74) is 0. The van der Waals surface area contributed by atoms with Crippen LogP contribution in [0.25, 0.3) is 0 Å². The molecule has 1 fully saturated rings. The zero-order valence-corrected chi connectivity index (χ0v) is 11.8. The van der Waals surface area contributed by atoms with Crippen molar-refractivity contribution in [3.8, 4) is 0 Å².